The van der Waals surface area contributed by atoms with E-state index in [1.807, 2.05) is 19.9 Å². The molecule has 25 heavy (non-hydrogen) atoms. The molecule has 0 aliphatic heterocycles. The predicted octanol–water partition coefficient (Wildman–Crippen LogP) is 2.60. The van der Waals surface area contributed by atoms with Gasteiger partial charge < -0.3 is 19.7 Å². The third-order valence-electron chi connectivity index (χ3n) is 4.42. The van der Waals surface area contributed by atoms with Crippen LogP contribution in [0.4, 0.5) is 11.5 Å². The molecule has 2 heterocycles. The van der Waals surface area contributed by atoms with Crippen LogP contribution in [0.3, 0.4) is 0 Å². The van der Waals surface area contributed by atoms with Crippen LogP contribution < -0.4 is 15.6 Å². The molecule has 1 unspecified atom stereocenters. The zero-order valence-corrected chi connectivity index (χ0v) is 15.2. The molecule has 8 heteroatoms. The molecule has 0 spiro atoms. The summed E-state index contributed by atoms with van der Waals surface area (Å²) in [4.78, 5) is 21.3. The van der Waals surface area contributed by atoms with Gasteiger partial charge in [-0.25, -0.2) is 9.97 Å². The topological polar surface area (TPSA) is 89.3 Å². The highest BCUT2D eigenvalue weighted by atomic mass is 35.5. The molecule has 1 saturated carbocycles. The molecule has 0 saturated heterocycles. The minimum absolute atomic E-state index is 0.105. The molecule has 2 N–H and O–H groups in total. The molecule has 2 aromatic rings. The average Bonchev–Trinajstić information content (AvgIpc) is 3.40. The summed E-state index contributed by atoms with van der Waals surface area (Å²) in [7, 11) is 1.56. The molecule has 0 amide bonds. The molecular formula is C17H21ClN4O3. The number of anilines is 2. The summed E-state index contributed by atoms with van der Waals surface area (Å²) < 4.78 is 6.68. The number of nitrogens with one attached hydrogen (secondary N) is 1. The number of aliphatic hydroxyl groups is 1. The molecule has 1 atom stereocenters. The zero-order chi connectivity index (χ0) is 18.1. The van der Waals surface area contributed by atoms with Crippen molar-refractivity contribution in [3.8, 4) is 5.88 Å². The van der Waals surface area contributed by atoms with Gasteiger partial charge in [0.2, 0.25) is 5.88 Å². The lowest BCUT2D eigenvalue weighted by molar-refractivity contribution is 0.209. The van der Waals surface area contributed by atoms with Crippen LogP contribution in [0.1, 0.15) is 30.1 Å². The van der Waals surface area contributed by atoms with E-state index >= 15 is 0 Å². The van der Waals surface area contributed by atoms with E-state index in [0.717, 1.165) is 18.4 Å². The molecule has 134 valence electrons. The average molecular weight is 365 g/mol. The Labute approximate surface area is 150 Å². The van der Waals surface area contributed by atoms with E-state index in [1.165, 1.54) is 10.8 Å². The van der Waals surface area contributed by atoms with Gasteiger partial charge in [-0.05, 0) is 38.7 Å². The van der Waals surface area contributed by atoms with E-state index in [4.69, 9.17) is 16.3 Å². The molecule has 1 aliphatic carbocycles. The Balaban J connectivity index is 1.99. The number of aliphatic hydroxyl groups excluding tert-OH is 1. The largest absolute Gasteiger partial charge is 0.481 e. The molecular weight excluding hydrogens is 344 g/mol. The standard InChI is InChI=1S/C17H21ClN4O3/c1-9-6-12(10(2)19-16(9)25-3)20-15-17(24)22(7-14(18)21-15)13(8-23)11-4-5-11/h6-7,11,13,23H,4-5,8H2,1-3H3,(H,20,21). The van der Waals surface area contributed by atoms with Gasteiger partial charge in [0.15, 0.2) is 5.82 Å². The maximum Gasteiger partial charge on any atom is 0.294 e. The maximum absolute atomic E-state index is 12.8. The third-order valence-corrected chi connectivity index (χ3v) is 4.60. The van der Waals surface area contributed by atoms with Crippen molar-refractivity contribution in [2.75, 3.05) is 19.0 Å². The van der Waals surface area contributed by atoms with Gasteiger partial charge in [0, 0.05) is 11.8 Å². The number of aryl methyl sites for hydroxylation is 2. The number of halogens is 1. The molecule has 1 fully saturated rings. The molecule has 0 radical (unpaired) electrons. The van der Waals surface area contributed by atoms with E-state index in [-0.39, 0.29) is 29.2 Å². The van der Waals surface area contributed by atoms with Crippen molar-refractivity contribution in [2.24, 2.45) is 5.92 Å². The number of hydrogen-bond acceptors (Lipinski definition) is 6. The van der Waals surface area contributed by atoms with Gasteiger partial charge in [-0.1, -0.05) is 11.6 Å². The van der Waals surface area contributed by atoms with Crippen LogP contribution in [0.15, 0.2) is 17.1 Å². The monoisotopic (exact) mass is 364 g/mol. The second-order valence-electron chi connectivity index (χ2n) is 6.28. The highest BCUT2D eigenvalue weighted by molar-refractivity contribution is 6.29. The van der Waals surface area contributed by atoms with Gasteiger partial charge >= 0.3 is 0 Å². The van der Waals surface area contributed by atoms with Crippen molar-refractivity contribution in [1.29, 1.82) is 0 Å². The molecule has 0 aromatic carbocycles. The molecule has 1 aliphatic rings. The van der Waals surface area contributed by atoms with Gasteiger partial charge in [-0.2, -0.15) is 0 Å². The molecule has 7 nitrogen and oxygen atoms in total. The van der Waals surface area contributed by atoms with E-state index in [0.29, 0.717) is 23.2 Å². The van der Waals surface area contributed by atoms with Crippen LogP contribution in [-0.2, 0) is 0 Å². The van der Waals surface area contributed by atoms with Crippen LogP contribution in [0, 0.1) is 19.8 Å². The quantitative estimate of drug-likeness (QED) is 0.819. The van der Waals surface area contributed by atoms with Crippen LogP contribution >= 0.6 is 11.6 Å². The highest BCUT2D eigenvalue weighted by Crippen LogP contribution is 2.39. The van der Waals surface area contributed by atoms with Gasteiger partial charge in [-0.15, -0.1) is 0 Å². The van der Waals surface area contributed by atoms with Crippen molar-refractivity contribution >= 4 is 23.1 Å². The second-order valence-corrected chi connectivity index (χ2v) is 6.67. The van der Waals surface area contributed by atoms with Gasteiger partial charge in [-0.3, -0.25) is 4.79 Å². The Morgan fingerprint density at radius 2 is 2.16 bits per heavy atom. The lowest BCUT2D eigenvalue weighted by atomic mass is 10.2. The first kappa shape index (κ1) is 17.7. The molecule has 3 rings (SSSR count). The Morgan fingerprint density at radius 1 is 1.44 bits per heavy atom. The van der Waals surface area contributed by atoms with Gasteiger partial charge in [0.25, 0.3) is 5.56 Å². The summed E-state index contributed by atoms with van der Waals surface area (Å²) in [6.45, 7) is 3.58. The SMILES string of the molecule is COc1nc(C)c(Nc2nc(Cl)cn(C(CO)C3CC3)c2=O)cc1C. The number of ether oxygens (including phenoxy) is 1. The van der Waals surface area contributed by atoms with Crippen LogP contribution in [0.25, 0.3) is 0 Å². The number of aromatic nitrogens is 3. The maximum atomic E-state index is 12.8. The summed E-state index contributed by atoms with van der Waals surface area (Å²) in [5.74, 6) is 0.954. The predicted molar refractivity (Wildman–Crippen MR) is 95.9 cm³/mol. The third kappa shape index (κ3) is 3.62. The summed E-state index contributed by atoms with van der Waals surface area (Å²) in [6, 6.07) is 1.57. The van der Waals surface area contributed by atoms with Crippen LogP contribution in [-0.4, -0.2) is 33.4 Å². The van der Waals surface area contributed by atoms with E-state index in [9.17, 15) is 9.90 Å². The normalized spacial score (nSPS) is 15.1. The number of nitrogens with zero attached hydrogens (tertiary/aromatic N) is 3. The van der Waals surface area contributed by atoms with Crippen molar-refractivity contribution in [1.82, 2.24) is 14.5 Å². The Hall–Kier alpha value is -2.12. The zero-order valence-electron chi connectivity index (χ0n) is 14.4. The minimum Gasteiger partial charge on any atom is -0.481 e. The lowest BCUT2D eigenvalue weighted by Gasteiger charge is -2.18. The van der Waals surface area contributed by atoms with Crippen molar-refractivity contribution in [3.63, 3.8) is 0 Å². The second kappa shape index (κ2) is 7.01. The summed E-state index contributed by atoms with van der Waals surface area (Å²) in [5, 5.41) is 12.9. The fraction of sp³-hybridized carbons (Fsp3) is 0.471. The Morgan fingerprint density at radius 3 is 2.76 bits per heavy atom. The number of rotatable bonds is 6. The van der Waals surface area contributed by atoms with Gasteiger partial charge in [0.1, 0.15) is 5.15 Å². The molecule has 2 aromatic heterocycles. The summed E-state index contributed by atoms with van der Waals surface area (Å²) in [6.07, 6.45) is 3.49. The van der Waals surface area contributed by atoms with Crippen LogP contribution in [0.5, 0.6) is 5.88 Å². The molecule has 0 bridgehead atoms. The van der Waals surface area contributed by atoms with Gasteiger partial charge in [0.05, 0.1) is 31.1 Å². The number of pyridine rings is 1. The minimum atomic E-state index is -0.316. The number of methoxy groups -OCH3 is 1. The van der Waals surface area contributed by atoms with E-state index in [2.05, 4.69) is 15.3 Å². The van der Waals surface area contributed by atoms with Crippen LogP contribution in [0.2, 0.25) is 5.15 Å². The first-order chi connectivity index (χ1) is 11.9. The van der Waals surface area contributed by atoms with E-state index < -0.39 is 0 Å². The smallest absolute Gasteiger partial charge is 0.294 e. The Kier molecular flexibility index (Phi) is 4.96. The lowest BCUT2D eigenvalue weighted by Crippen LogP contribution is -2.30. The Bertz CT molecular complexity index is 849. The fourth-order valence-corrected chi connectivity index (χ4v) is 3.09. The van der Waals surface area contributed by atoms with E-state index in [1.54, 1.807) is 7.11 Å². The first-order valence-corrected chi connectivity index (χ1v) is 8.51. The fourth-order valence-electron chi connectivity index (χ4n) is 2.90. The highest BCUT2D eigenvalue weighted by Gasteiger charge is 2.33. The van der Waals surface area contributed by atoms with Crippen molar-refractivity contribution in [3.05, 3.63) is 39.0 Å². The van der Waals surface area contributed by atoms with Crippen molar-refractivity contribution < 1.29 is 9.84 Å². The van der Waals surface area contributed by atoms with Crippen molar-refractivity contribution in [2.45, 2.75) is 32.7 Å². The summed E-state index contributed by atoms with van der Waals surface area (Å²) in [5.41, 5.74) is 1.85. The summed E-state index contributed by atoms with van der Waals surface area (Å²) >= 11 is 6.10. The number of hydrogen-bond donors (Lipinski definition) is 2. The first-order valence-electron chi connectivity index (χ1n) is 8.13.